The van der Waals surface area contributed by atoms with Crippen molar-refractivity contribution in [3.63, 3.8) is 0 Å². The maximum absolute atomic E-state index is 6.50. The summed E-state index contributed by atoms with van der Waals surface area (Å²) in [4.78, 5) is 7.23. The van der Waals surface area contributed by atoms with Crippen molar-refractivity contribution in [3.8, 4) is 22.6 Å². The van der Waals surface area contributed by atoms with Gasteiger partial charge in [-0.1, -0.05) is 127 Å². The molecule has 0 N–H and O–H groups in total. The van der Waals surface area contributed by atoms with Crippen LogP contribution in [0.1, 0.15) is 0 Å². The van der Waals surface area contributed by atoms with Gasteiger partial charge in [0.15, 0.2) is 5.58 Å². The number of furan rings is 1. The van der Waals surface area contributed by atoms with Gasteiger partial charge in [0.1, 0.15) is 16.7 Å². The molecule has 0 atom stereocenters. The average molecular weight is 679 g/mol. The first-order chi connectivity index (χ1) is 26.3. The molecule has 0 fully saturated rings. The molecule has 0 unspecified atom stereocenters. The standard InChI is InChI=1S/C49H30N2O2/c1-2-11-34(12-3-1)49-50-43-29-24-33-20-21-35-30-37(27-28-39(35)46(33)48(43)53-49)51(44-18-8-13-31-10-4-5-14-38(31)44)36-25-22-32(23-26-36)40-16-9-17-42-41-15-6-7-19-45(41)52-47(40)42/h1-30H. The van der Waals surface area contributed by atoms with Crippen LogP contribution in [0.2, 0.25) is 0 Å². The first-order valence-electron chi connectivity index (χ1n) is 17.9. The molecule has 0 amide bonds. The molecule has 9 aromatic carbocycles. The predicted molar refractivity (Wildman–Crippen MR) is 219 cm³/mol. The fraction of sp³-hybridized carbons (Fsp3) is 0. The van der Waals surface area contributed by atoms with Gasteiger partial charge in [0.2, 0.25) is 5.89 Å². The number of nitrogens with zero attached hydrogens (tertiary/aromatic N) is 2. The average Bonchev–Trinajstić information content (AvgIpc) is 3.84. The van der Waals surface area contributed by atoms with Crippen LogP contribution in [0.25, 0.3) is 87.9 Å². The number of fused-ring (bicyclic) bond motifs is 9. The highest BCUT2D eigenvalue weighted by atomic mass is 16.3. The van der Waals surface area contributed by atoms with Gasteiger partial charge in [-0.05, 0) is 81.7 Å². The van der Waals surface area contributed by atoms with E-state index in [4.69, 9.17) is 13.8 Å². The van der Waals surface area contributed by atoms with Crippen molar-refractivity contribution < 1.29 is 8.83 Å². The molecular formula is C49H30N2O2. The molecule has 0 aliphatic heterocycles. The molecule has 4 heteroatoms. The Morgan fingerprint density at radius 2 is 1.13 bits per heavy atom. The second-order valence-electron chi connectivity index (χ2n) is 13.5. The zero-order chi connectivity index (χ0) is 34.9. The van der Waals surface area contributed by atoms with Crippen molar-refractivity contribution in [2.24, 2.45) is 0 Å². The van der Waals surface area contributed by atoms with Crippen LogP contribution in [0.5, 0.6) is 0 Å². The summed E-state index contributed by atoms with van der Waals surface area (Å²) in [6, 6.07) is 64.0. The summed E-state index contributed by atoms with van der Waals surface area (Å²) in [5.74, 6) is 0.629. The molecule has 0 spiro atoms. The summed E-state index contributed by atoms with van der Waals surface area (Å²) in [7, 11) is 0. The van der Waals surface area contributed by atoms with Gasteiger partial charge in [-0.25, -0.2) is 4.98 Å². The van der Waals surface area contributed by atoms with E-state index in [2.05, 4.69) is 138 Å². The maximum atomic E-state index is 6.50. The molecule has 11 aromatic rings. The van der Waals surface area contributed by atoms with Gasteiger partial charge in [0.05, 0.1) is 5.69 Å². The van der Waals surface area contributed by atoms with Crippen LogP contribution in [0, 0.1) is 0 Å². The number of aromatic nitrogens is 1. The molecule has 0 saturated carbocycles. The third kappa shape index (κ3) is 4.73. The SMILES string of the molecule is c1ccc(-c2nc3ccc4ccc5cc(N(c6ccc(-c7cccc8c7oc7ccccc78)cc6)c6cccc7ccccc67)ccc5c4c3o2)cc1. The van der Waals surface area contributed by atoms with Gasteiger partial charge in [0, 0.05) is 44.0 Å². The van der Waals surface area contributed by atoms with E-state index in [1.54, 1.807) is 0 Å². The first-order valence-corrected chi connectivity index (χ1v) is 17.9. The fourth-order valence-electron chi connectivity index (χ4n) is 7.96. The van der Waals surface area contributed by atoms with E-state index in [-0.39, 0.29) is 0 Å². The Bertz CT molecular complexity index is 3170. The lowest BCUT2D eigenvalue weighted by Gasteiger charge is -2.27. The minimum absolute atomic E-state index is 0.629. The number of hydrogen-bond donors (Lipinski definition) is 0. The van der Waals surface area contributed by atoms with Crippen molar-refractivity contribution in [2.75, 3.05) is 4.90 Å². The van der Waals surface area contributed by atoms with E-state index in [9.17, 15) is 0 Å². The number of hydrogen-bond acceptors (Lipinski definition) is 4. The van der Waals surface area contributed by atoms with Crippen molar-refractivity contribution in [2.45, 2.75) is 0 Å². The number of para-hydroxylation sites is 2. The summed E-state index contributed by atoms with van der Waals surface area (Å²) >= 11 is 0. The van der Waals surface area contributed by atoms with Crippen molar-refractivity contribution in [3.05, 3.63) is 182 Å². The minimum atomic E-state index is 0.629. The molecule has 0 aliphatic carbocycles. The predicted octanol–water partition coefficient (Wildman–Crippen LogP) is 14.0. The molecule has 4 nitrogen and oxygen atoms in total. The quantitative estimate of drug-likeness (QED) is 0.170. The van der Waals surface area contributed by atoms with E-state index in [0.29, 0.717) is 5.89 Å². The zero-order valence-corrected chi connectivity index (χ0v) is 28.5. The topological polar surface area (TPSA) is 42.4 Å². The van der Waals surface area contributed by atoms with Gasteiger partial charge in [-0.2, -0.15) is 0 Å². The highest BCUT2D eigenvalue weighted by Crippen LogP contribution is 2.43. The number of anilines is 3. The Kier molecular flexibility index (Phi) is 6.52. The van der Waals surface area contributed by atoms with E-state index in [1.165, 1.54) is 10.8 Å². The van der Waals surface area contributed by atoms with Crippen LogP contribution in [0.4, 0.5) is 17.1 Å². The lowest BCUT2D eigenvalue weighted by Crippen LogP contribution is -2.10. The molecule has 0 saturated heterocycles. The van der Waals surface area contributed by atoms with Gasteiger partial charge in [-0.15, -0.1) is 0 Å². The zero-order valence-electron chi connectivity index (χ0n) is 28.5. The first kappa shape index (κ1) is 29.5. The number of benzene rings is 9. The molecule has 2 heterocycles. The van der Waals surface area contributed by atoms with Crippen LogP contribution in [-0.2, 0) is 0 Å². The van der Waals surface area contributed by atoms with Gasteiger partial charge in [-0.3, -0.25) is 0 Å². The Hall–Kier alpha value is -7.17. The third-order valence-corrected chi connectivity index (χ3v) is 10.5. The summed E-state index contributed by atoms with van der Waals surface area (Å²) in [5.41, 5.74) is 9.85. The lowest BCUT2D eigenvalue weighted by molar-refractivity contribution is 0.623. The number of rotatable bonds is 5. The summed E-state index contributed by atoms with van der Waals surface area (Å²) in [6.07, 6.45) is 0. The molecule has 0 aliphatic rings. The highest BCUT2D eigenvalue weighted by Gasteiger charge is 2.19. The Morgan fingerprint density at radius 1 is 0.415 bits per heavy atom. The van der Waals surface area contributed by atoms with Crippen LogP contribution >= 0.6 is 0 Å². The van der Waals surface area contributed by atoms with Crippen molar-refractivity contribution in [1.29, 1.82) is 0 Å². The normalized spacial score (nSPS) is 11.8. The molecular weight excluding hydrogens is 649 g/mol. The van der Waals surface area contributed by atoms with Crippen LogP contribution in [-0.4, -0.2) is 4.98 Å². The molecule has 2 aromatic heterocycles. The molecule has 0 bridgehead atoms. The third-order valence-electron chi connectivity index (χ3n) is 10.5. The fourth-order valence-corrected chi connectivity index (χ4v) is 7.96. The summed E-state index contributed by atoms with van der Waals surface area (Å²) in [5, 5.41) is 9.07. The second-order valence-corrected chi connectivity index (χ2v) is 13.5. The molecule has 53 heavy (non-hydrogen) atoms. The summed E-state index contributed by atoms with van der Waals surface area (Å²) < 4.78 is 12.9. The summed E-state index contributed by atoms with van der Waals surface area (Å²) in [6.45, 7) is 0. The highest BCUT2D eigenvalue weighted by molar-refractivity contribution is 6.18. The van der Waals surface area contributed by atoms with E-state index in [0.717, 1.165) is 88.3 Å². The van der Waals surface area contributed by atoms with Gasteiger partial charge < -0.3 is 13.7 Å². The minimum Gasteiger partial charge on any atom is -0.455 e. The Labute approximate surface area is 304 Å². The monoisotopic (exact) mass is 678 g/mol. The van der Waals surface area contributed by atoms with Crippen LogP contribution in [0.15, 0.2) is 191 Å². The molecule has 0 radical (unpaired) electrons. The lowest BCUT2D eigenvalue weighted by atomic mass is 9.99. The van der Waals surface area contributed by atoms with Crippen LogP contribution < -0.4 is 4.90 Å². The van der Waals surface area contributed by atoms with Crippen LogP contribution in [0.3, 0.4) is 0 Å². The van der Waals surface area contributed by atoms with E-state index >= 15 is 0 Å². The smallest absolute Gasteiger partial charge is 0.227 e. The van der Waals surface area contributed by atoms with Gasteiger partial charge in [0.25, 0.3) is 0 Å². The van der Waals surface area contributed by atoms with Gasteiger partial charge >= 0.3 is 0 Å². The van der Waals surface area contributed by atoms with E-state index < -0.39 is 0 Å². The molecule has 11 rings (SSSR count). The van der Waals surface area contributed by atoms with Crippen molar-refractivity contribution >= 4 is 82.4 Å². The Morgan fingerprint density at radius 3 is 2.04 bits per heavy atom. The number of oxazole rings is 1. The maximum Gasteiger partial charge on any atom is 0.227 e. The second kappa shape index (κ2) is 11.7. The largest absolute Gasteiger partial charge is 0.455 e. The molecule has 248 valence electrons. The Balaban J connectivity index is 1.08. The van der Waals surface area contributed by atoms with Crippen molar-refractivity contribution in [1.82, 2.24) is 4.98 Å². The van der Waals surface area contributed by atoms with E-state index in [1.807, 2.05) is 48.5 Å².